The maximum absolute atomic E-state index is 13.7. The second-order valence-corrected chi connectivity index (χ2v) is 9.12. The lowest BCUT2D eigenvalue weighted by molar-refractivity contribution is -0.133. The van der Waals surface area contributed by atoms with Gasteiger partial charge in [-0.25, -0.2) is 9.18 Å². The Morgan fingerprint density at radius 2 is 1.91 bits per heavy atom. The van der Waals surface area contributed by atoms with Crippen molar-refractivity contribution in [2.45, 2.75) is 25.3 Å². The molecule has 0 radical (unpaired) electrons. The summed E-state index contributed by atoms with van der Waals surface area (Å²) >= 11 is 0. The number of H-pyrrole nitrogens is 1. The lowest BCUT2D eigenvalue weighted by Crippen LogP contribution is -2.52. The Morgan fingerprint density at radius 1 is 1.09 bits per heavy atom. The highest BCUT2D eigenvalue weighted by molar-refractivity contribution is 6.01. The zero-order valence-corrected chi connectivity index (χ0v) is 18.2. The zero-order valence-electron chi connectivity index (χ0n) is 18.2. The fourth-order valence-corrected chi connectivity index (χ4v) is 5.55. The summed E-state index contributed by atoms with van der Waals surface area (Å²) in [6, 6.07) is 11.5. The van der Waals surface area contributed by atoms with Gasteiger partial charge in [0.2, 0.25) is 5.91 Å². The van der Waals surface area contributed by atoms with Gasteiger partial charge in [0.05, 0.1) is 12.0 Å². The number of amides is 3. The maximum atomic E-state index is 13.7. The van der Waals surface area contributed by atoms with E-state index in [1.54, 1.807) is 17.0 Å². The highest BCUT2D eigenvalue weighted by Crippen LogP contribution is 2.41. The number of likely N-dealkylation sites (tertiary alicyclic amines) is 1. The first-order valence-corrected chi connectivity index (χ1v) is 11.5. The molecule has 3 amide bonds. The highest BCUT2D eigenvalue weighted by Gasteiger charge is 2.40. The number of hydrogen-bond acceptors (Lipinski definition) is 2. The van der Waals surface area contributed by atoms with Crippen LogP contribution in [0.25, 0.3) is 16.5 Å². The average Bonchev–Trinajstić information content (AvgIpc) is 3.50. The number of rotatable bonds is 2. The van der Waals surface area contributed by atoms with Gasteiger partial charge in [-0.15, -0.1) is 0 Å². The molecule has 2 aliphatic heterocycles. The number of nitrogens with one attached hydrogen (secondary N) is 2. The van der Waals surface area contributed by atoms with E-state index in [1.165, 1.54) is 17.5 Å². The Balaban J connectivity index is 1.40. The van der Waals surface area contributed by atoms with Crippen LogP contribution >= 0.6 is 0 Å². The first-order chi connectivity index (χ1) is 16.1. The molecule has 3 heterocycles. The van der Waals surface area contributed by atoms with Crippen molar-refractivity contribution in [2.75, 3.05) is 25.0 Å². The predicted octanol–water partition coefficient (Wildman–Crippen LogP) is 4.40. The minimum absolute atomic E-state index is 0.0778. The summed E-state index contributed by atoms with van der Waals surface area (Å²) in [4.78, 5) is 33.8. The van der Waals surface area contributed by atoms with Crippen molar-refractivity contribution in [2.24, 2.45) is 5.92 Å². The minimum Gasteiger partial charge on any atom is -0.361 e. The lowest BCUT2D eigenvalue weighted by Gasteiger charge is -2.42. The molecule has 168 valence electrons. The van der Waals surface area contributed by atoms with E-state index >= 15 is 0 Å². The molecule has 2 atom stereocenters. The van der Waals surface area contributed by atoms with E-state index in [1.807, 2.05) is 23.2 Å². The number of anilines is 1. The number of aromatic nitrogens is 1. The minimum atomic E-state index is -0.407. The third-order valence-corrected chi connectivity index (χ3v) is 7.09. The predicted molar refractivity (Wildman–Crippen MR) is 125 cm³/mol. The number of carbonyl (C=O) groups is 2. The van der Waals surface area contributed by atoms with E-state index in [0.29, 0.717) is 18.7 Å². The van der Waals surface area contributed by atoms with Crippen LogP contribution in [0.1, 0.15) is 24.0 Å². The molecule has 6 nitrogen and oxygen atoms in total. The molecule has 6 rings (SSSR count). The molecule has 0 spiro atoms. The normalized spacial score (nSPS) is 21.7. The zero-order chi connectivity index (χ0) is 22.5. The Morgan fingerprint density at radius 3 is 2.73 bits per heavy atom. The van der Waals surface area contributed by atoms with E-state index < -0.39 is 11.7 Å². The van der Waals surface area contributed by atoms with Crippen LogP contribution in [0.5, 0.6) is 0 Å². The molecule has 0 unspecified atom stereocenters. The molecule has 3 aromatic rings. The molecule has 1 fully saturated rings. The number of urea groups is 1. The number of halogens is 1. The Bertz CT molecular complexity index is 1290. The number of fused-ring (bicyclic) bond motifs is 2. The van der Waals surface area contributed by atoms with E-state index in [2.05, 4.69) is 22.4 Å². The number of nitrogens with zero attached hydrogens (tertiary/aromatic N) is 2. The Hall–Kier alpha value is -3.61. The number of hydrogen-bond donors (Lipinski definition) is 2. The van der Waals surface area contributed by atoms with Gasteiger partial charge in [0.1, 0.15) is 5.82 Å². The van der Waals surface area contributed by atoms with Crippen LogP contribution in [0.4, 0.5) is 14.9 Å². The van der Waals surface area contributed by atoms with Crippen LogP contribution < -0.4 is 5.32 Å². The van der Waals surface area contributed by atoms with Crippen LogP contribution in [0, 0.1) is 11.7 Å². The summed E-state index contributed by atoms with van der Waals surface area (Å²) < 4.78 is 13.7. The number of carbonyl (C=O) groups excluding carboxylic acids is 2. The molecule has 0 bridgehead atoms. The molecule has 1 aliphatic carbocycles. The number of benzene rings is 2. The molecule has 7 heteroatoms. The highest BCUT2D eigenvalue weighted by atomic mass is 19.1. The van der Waals surface area contributed by atoms with Gasteiger partial charge in [-0.1, -0.05) is 24.3 Å². The SMILES string of the molecule is O=C([C@@H]1C=C2c3cccc4[nH]cc(c34)C[C@H]2N(C(=O)Nc2cccc(F)c2)C1)N1CCCC1. The van der Waals surface area contributed by atoms with Crippen molar-refractivity contribution in [3.05, 3.63) is 71.7 Å². The summed E-state index contributed by atoms with van der Waals surface area (Å²) in [7, 11) is 0. The van der Waals surface area contributed by atoms with Crippen LogP contribution in [-0.4, -0.2) is 52.4 Å². The van der Waals surface area contributed by atoms with E-state index in [9.17, 15) is 14.0 Å². The van der Waals surface area contributed by atoms with E-state index in [-0.39, 0.29) is 18.0 Å². The van der Waals surface area contributed by atoms with Gasteiger partial charge in [-0.3, -0.25) is 4.79 Å². The lowest BCUT2D eigenvalue weighted by atomic mass is 9.79. The van der Waals surface area contributed by atoms with Gasteiger partial charge in [0.15, 0.2) is 0 Å². The van der Waals surface area contributed by atoms with Gasteiger partial charge in [-0.2, -0.15) is 0 Å². The molecule has 0 saturated carbocycles. The van der Waals surface area contributed by atoms with Crippen molar-refractivity contribution < 1.29 is 14.0 Å². The third kappa shape index (κ3) is 3.39. The smallest absolute Gasteiger partial charge is 0.322 e. The maximum Gasteiger partial charge on any atom is 0.322 e. The van der Waals surface area contributed by atoms with Gasteiger partial charge in [0.25, 0.3) is 0 Å². The van der Waals surface area contributed by atoms with Crippen LogP contribution in [-0.2, 0) is 11.2 Å². The molecule has 33 heavy (non-hydrogen) atoms. The van der Waals surface area contributed by atoms with Crippen molar-refractivity contribution in [3.63, 3.8) is 0 Å². The summed E-state index contributed by atoms with van der Waals surface area (Å²) in [5.74, 6) is -0.729. The fraction of sp³-hybridized carbons (Fsp3) is 0.308. The van der Waals surface area contributed by atoms with Crippen molar-refractivity contribution in [1.29, 1.82) is 0 Å². The molecule has 2 aromatic carbocycles. The molecule has 1 saturated heterocycles. The van der Waals surface area contributed by atoms with E-state index in [0.717, 1.165) is 48.1 Å². The van der Waals surface area contributed by atoms with Gasteiger partial charge in [0, 0.05) is 42.4 Å². The molecule has 3 aliphatic rings. The second kappa shape index (κ2) is 7.76. The Labute approximate surface area is 191 Å². The van der Waals surface area contributed by atoms with Crippen molar-refractivity contribution in [1.82, 2.24) is 14.8 Å². The monoisotopic (exact) mass is 444 g/mol. The van der Waals surface area contributed by atoms with Crippen LogP contribution in [0.15, 0.2) is 54.7 Å². The van der Waals surface area contributed by atoms with Gasteiger partial charge in [-0.05, 0) is 60.2 Å². The van der Waals surface area contributed by atoms with Gasteiger partial charge < -0.3 is 20.1 Å². The average molecular weight is 445 g/mol. The molecular weight excluding hydrogens is 419 g/mol. The van der Waals surface area contributed by atoms with E-state index in [4.69, 9.17) is 0 Å². The summed E-state index contributed by atoms with van der Waals surface area (Å²) in [6.45, 7) is 1.85. The second-order valence-electron chi connectivity index (χ2n) is 9.12. The standard InChI is InChI=1S/C26H25FN4O2/c27-18-5-3-6-19(13-18)29-26(33)31-15-17(25(32)30-9-1-2-10-30)11-21-20-7-4-8-22-24(20)16(14-28-22)12-23(21)31/h3-8,11,13-14,17,23,28H,1-2,9-10,12,15H2,(H,29,33)/t17-,23-/m1/s1. The fourth-order valence-electron chi connectivity index (χ4n) is 5.55. The number of aromatic amines is 1. The van der Waals surface area contributed by atoms with Crippen LogP contribution in [0.3, 0.4) is 0 Å². The largest absolute Gasteiger partial charge is 0.361 e. The van der Waals surface area contributed by atoms with Crippen molar-refractivity contribution >= 4 is 34.1 Å². The van der Waals surface area contributed by atoms with Crippen molar-refractivity contribution in [3.8, 4) is 0 Å². The summed E-state index contributed by atoms with van der Waals surface area (Å²) in [5.41, 5.74) is 4.72. The first kappa shape index (κ1) is 20.0. The molecular formula is C26H25FN4O2. The molecule has 2 N–H and O–H groups in total. The van der Waals surface area contributed by atoms with Crippen LogP contribution in [0.2, 0.25) is 0 Å². The summed E-state index contributed by atoms with van der Waals surface area (Å²) in [5, 5.41) is 4.01. The topological polar surface area (TPSA) is 68.4 Å². The quantitative estimate of drug-likeness (QED) is 0.615. The Kier molecular flexibility index (Phi) is 4.71. The first-order valence-electron chi connectivity index (χ1n) is 11.5. The van der Waals surface area contributed by atoms with Gasteiger partial charge >= 0.3 is 6.03 Å². The third-order valence-electron chi connectivity index (χ3n) is 7.09. The summed E-state index contributed by atoms with van der Waals surface area (Å²) in [6.07, 6.45) is 6.81. The molecule has 1 aromatic heterocycles.